The van der Waals surface area contributed by atoms with Crippen molar-refractivity contribution < 1.29 is 4.79 Å². The summed E-state index contributed by atoms with van der Waals surface area (Å²) in [6.45, 7) is 0.798. The minimum Gasteiger partial charge on any atom is -0.383 e. The Labute approximate surface area is 131 Å². The molecule has 22 heavy (non-hydrogen) atoms. The third kappa shape index (κ3) is 2.75. The maximum atomic E-state index is 12.8. The van der Waals surface area contributed by atoms with E-state index in [0.29, 0.717) is 0 Å². The molecule has 3 nitrogen and oxygen atoms in total. The highest BCUT2D eigenvalue weighted by molar-refractivity contribution is 6.13. The number of para-hydroxylation sites is 2. The van der Waals surface area contributed by atoms with E-state index in [0.717, 1.165) is 35.5 Å². The van der Waals surface area contributed by atoms with Crippen LogP contribution in [-0.4, -0.2) is 31.3 Å². The number of fused-ring (bicyclic) bond motifs is 1. The standard InChI is InChI=1S/C19H20N2O/c1-20(2)14-15-12-13-21(16-8-4-3-5-9-16)18-11-7-6-10-17(18)19(15)22/h3-11,14H,12-13H2,1-2H3. The fraction of sp³-hybridized carbons (Fsp3) is 0.211. The Kier molecular flexibility index (Phi) is 3.96. The largest absolute Gasteiger partial charge is 0.383 e. The number of carbonyl (C=O) groups is 1. The molecule has 0 amide bonds. The number of anilines is 2. The van der Waals surface area contributed by atoms with E-state index >= 15 is 0 Å². The Morgan fingerprint density at radius 1 is 1.00 bits per heavy atom. The highest BCUT2D eigenvalue weighted by atomic mass is 16.1. The molecule has 0 radical (unpaired) electrons. The summed E-state index contributed by atoms with van der Waals surface area (Å²) < 4.78 is 0. The van der Waals surface area contributed by atoms with Crippen LogP contribution in [0.2, 0.25) is 0 Å². The summed E-state index contributed by atoms with van der Waals surface area (Å²) >= 11 is 0. The molecule has 0 aliphatic carbocycles. The third-order valence-electron chi connectivity index (χ3n) is 3.82. The van der Waals surface area contributed by atoms with Crippen molar-refractivity contribution in [2.75, 3.05) is 25.5 Å². The smallest absolute Gasteiger partial charge is 0.192 e. The molecule has 3 rings (SSSR count). The number of hydrogen-bond acceptors (Lipinski definition) is 3. The van der Waals surface area contributed by atoms with Crippen LogP contribution in [0.3, 0.4) is 0 Å². The van der Waals surface area contributed by atoms with E-state index in [9.17, 15) is 4.79 Å². The highest BCUT2D eigenvalue weighted by Crippen LogP contribution is 2.33. The summed E-state index contributed by atoms with van der Waals surface area (Å²) in [6.07, 6.45) is 2.67. The van der Waals surface area contributed by atoms with Crippen molar-refractivity contribution in [1.82, 2.24) is 4.90 Å². The fourth-order valence-corrected chi connectivity index (χ4v) is 2.85. The Morgan fingerprint density at radius 2 is 1.68 bits per heavy atom. The molecule has 112 valence electrons. The lowest BCUT2D eigenvalue weighted by atomic mass is 10.0. The topological polar surface area (TPSA) is 23.6 Å². The maximum absolute atomic E-state index is 12.8. The second-order valence-electron chi connectivity index (χ2n) is 5.70. The fourth-order valence-electron chi connectivity index (χ4n) is 2.85. The molecule has 0 saturated heterocycles. The molecule has 0 bridgehead atoms. The van der Waals surface area contributed by atoms with Gasteiger partial charge in [-0.15, -0.1) is 0 Å². The summed E-state index contributed by atoms with van der Waals surface area (Å²) in [7, 11) is 3.90. The van der Waals surface area contributed by atoms with Crippen LogP contribution in [0.5, 0.6) is 0 Å². The molecule has 0 aromatic heterocycles. The maximum Gasteiger partial charge on any atom is 0.192 e. The van der Waals surface area contributed by atoms with Crippen molar-refractivity contribution >= 4 is 17.2 Å². The average molecular weight is 292 g/mol. The van der Waals surface area contributed by atoms with E-state index in [1.54, 1.807) is 0 Å². The van der Waals surface area contributed by atoms with Gasteiger partial charge in [0.15, 0.2) is 5.78 Å². The van der Waals surface area contributed by atoms with Gasteiger partial charge in [0.25, 0.3) is 0 Å². The monoisotopic (exact) mass is 292 g/mol. The van der Waals surface area contributed by atoms with E-state index in [2.05, 4.69) is 17.0 Å². The van der Waals surface area contributed by atoms with E-state index in [1.165, 1.54) is 0 Å². The lowest BCUT2D eigenvalue weighted by Gasteiger charge is -2.24. The van der Waals surface area contributed by atoms with Gasteiger partial charge in [-0.2, -0.15) is 0 Å². The summed E-state index contributed by atoms with van der Waals surface area (Å²) in [5.41, 5.74) is 3.74. The van der Waals surface area contributed by atoms with Gasteiger partial charge in [-0.25, -0.2) is 0 Å². The van der Waals surface area contributed by atoms with Crippen molar-refractivity contribution in [3.8, 4) is 0 Å². The molecule has 0 saturated carbocycles. The molecule has 2 aromatic carbocycles. The number of benzene rings is 2. The van der Waals surface area contributed by atoms with Gasteiger partial charge < -0.3 is 9.80 Å². The van der Waals surface area contributed by atoms with Gasteiger partial charge in [0.2, 0.25) is 0 Å². The van der Waals surface area contributed by atoms with Crippen LogP contribution in [0.1, 0.15) is 16.8 Å². The number of carbonyl (C=O) groups excluding carboxylic acids is 1. The van der Waals surface area contributed by atoms with Crippen LogP contribution in [0, 0.1) is 0 Å². The molecule has 0 fully saturated rings. The molecule has 1 heterocycles. The van der Waals surface area contributed by atoms with Crippen molar-refractivity contribution in [2.45, 2.75) is 6.42 Å². The van der Waals surface area contributed by atoms with Gasteiger partial charge in [0.1, 0.15) is 0 Å². The molecule has 0 N–H and O–H groups in total. The molecular formula is C19H20N2O. The van der Waals surface area contributed by atoms with Gasteiger partial charge in [-0.05, 0) is 30.7 Å². The van der Waals surface area contributed by atoms with Gasteiger partial charge in [-0.1, -0.05) is 30.3 Å². The zero-order chi connectivity index (χ0) is 15.5. The summed E-state index contributed by atoms with van der Waals surface area (Å²) in [5.74, 6) is 0.128. The number of nitrogens with zero attached hydrogens (tertiary/aromatic N) is 2. The van der Waals surface area contributed by atoms with E-state index in [-0.39, 0.29) is 5.78 Å². The molecule has 2 aromatic rings. The van der Waals surface area contributed by atoms with Crippen molar-refractivity contribution in [2.24, 2.45) is 0 Å². The second kappa shape index (κ2) is 6.06. The number of rotatable bonds is 2. The van der Waals surface area contributed by atoms with Crippen LogP contribution in [0.4, 0.5) is 11.4 Å². The summed E-state index contributed by atoms with van der Waals surface area (Å²) in [4.78, 5) is 17.0. The normalized spacial score (nSPS) is 16.4. The van der Waals surface area contributed by atoms with Gasteiger partial charge in [-0.3, -0.25) is 4.79 Å². The van der Waals surface area contributed by atoms with Crippen LogP contribution >= 0.6 is 0 Å². The Bertz CT molecular complexity index is 704. The van der Waals surface area contributed by atoms with Crippen LogP contribution < -0.4 is 4.90 Å². The van der Waals surface area contributed by atoms with Gasteiger partial charge >= 0.3 is 0 Å². The quantitative estimate of drug-likeness (QED) is 0.785. The first-order valence-electron chi connectivity index (χ1n) is 7.50. The summed E-state index contributed by atoms with van der Waals surface area (Å²) in [6, 6.07) is 18.1. The minimum atomic E-state index is 0.128. The molecule has 3 heteroatoms. The molecule has 0 unspecified atom stereocenters. The van der Waals surface area contributed by atoms with E-state index in [4.69, 9.17) is 0 Å². The van der Waals surface area contributed by atoms with Gasteiger partial charge in [0, 0.05) is 43.7 Å². The van der Waals surface area contributed by atoms with Crippen LogP contribution in [0.25, 0.3) is 0 Å². The lowest BCUT2D eigenvalue weighted by molar-refractivity contribution is 0.103. The van der Waals surface area contributed by atoms with E-state index in [1.807, 2.05) is 67.7 Å². The van der Waals surface area contributed by atoms with Crippen LogP contribution in [-0.2, 0) is 0 Å². The number of hydrogen-bond donors (Lipinski definition) is 0. The first-order valence-corrected chi connectivity index (χ1v) is 7.50. The number of ketones is 1. The van der Waals surface area contributed by atoms with Gasteiger partial charge in [0.05, 0.1) is 5.69 Å². The molecule has 0 spiro atoms. The number of Topliss-reactive ketones (excluding diaryl/α,β-unsaturated/α-hetero) is 1. The first-order chi connectivity index (χ1) is 10.7. The van der Waals surface area contributed by atoms with E-state index < -0.39 is 0 Å². The van der Waals surface area contributed by atoms with Crippen molar-refractivity contribution in [1.29, 1.82) is 0 Å². The van der Waals surface area contributed by atoms with Crippen molar-refractivity contribution in [3.63, 3.8) is 0 Å². The van der Waals surface area contributed by atoms with Crippen molar-refractivity contribution in [3.05, 3.63) is 71.9 Å². The predicted molar refractivity (Wildman–Crippen MR) is 90.6 cm³/mol. The first kappa shape index (κ1) is 14.4. The Balaban J connectivity index is 2.10. The second-order valence-corrected chi connectivity index (χ2v) is 5.70. The minimum absolute atomic E-state index is 0.128. The lowest BCUT2D eigenvalue weighted by Crippen LogP contribution is -2.17. The summed E-state index contributed by atoms with van der Waals surface area (Å²) in [5, 5.41) is 0. The average Bonchev–Trinajstić information content (AvgIpc) is 2.66. The molecule has 1 aliphatic heterocycles. The molecule has 1 aliphatic rings. The molecular weight excluding hydrogens is 272 g/mol. The zero-order valence-electron chi connectivity index (χ0n) is 13.0. The SMILES string of the molecule is CN(C)C=C1CCN(c2ccccc2)c2ccccc2C1=O. The Morgan fingerprint density at radius 3 is 2.41 bits per heavy atom. The predicted octanol–water partition coefficient (Wildman–Crippen LogP) is 3.86. The third-order valence-corrected chi connectivity index (χ3v) is 3.82. The zero-order valence-corrected chi connectivity index (χ0v) is 13.0. The molecule has 0 atom stereocenters. The van der Waals surface area contributed by atoms with Crippen LogP contribution in [0.15, 0.2) is 66.4 Å². The highest BCUT2D eigenvalue weighted by Gasteiger charge is 2.24. The Hall–Kier alpha value is -2.55.